The van der Waals surface area contributed by atoms with Crippen molar-refractivity contribution in [1.82, 2.24) is 14.9 Å². The third kappa shape index (κ3) is 3.27. The van der Waals surface area contributed by atoms with Crippen LogP contribution in [0.3, 0.4) is 0 Å². The Morgan fingerprint density at radius 1 is 1.32 bits per heavy atom. The first kappa shape index (κ1) is 14.6. The number of nitrogens with one attached hydrogen (secondary N) is 1. The minimum Gasteiger partial charge on any atom is -0.464 e. The van der Waals surface area contributed by atoms with Gasteiger partial charge in [0.15, 0.2) is 0 Å². The molecule has 1 unspecified atom stereocenters. The van der Waals surface area contributed by atoms with Crippen LogP contribution >= 0.6 is 0 Å². The van der Waals surface area contributed by atoms with Gasteiger partial charge in [-0.25, -0.2) is 14.8 Å². The van der Waals surface area contributed by atoms with Crippen LogP contribution in [-0.4, -0.2) is 27.4 Å². The number of anilines is 1. The number of aryl methyl sites for hydroxylation is 1. The van der Waals surface area contributed by atoms with Crippen LogP contribution in [-0.2, 0) is 0 Å². The molecule has 1 atom stereocenters. The topological polar surface area (TPSA) is 71.3 Å². The molecule has 6 nitrogen and oxygen atoms in total. The van der Waals surface area contributed by atoms with Crippen molar-refractivity contribution in [2.45, 2.75) is 38.6 Å². The lowest BCUT2D eigenvalue weighted by atomic mass is 10.1. The Kier molecular flexibility index (Phi) is 4.37. The fraction of sp³-hybridized carbons (Fsp3) is 0.438. The molecule has 1 aliphatic rings. The standard InChI is InChI=1S/C16H20N4O2/c1-12-6-7-14(22-12)13-5-3-2-4-10-20(13)16(21)19-15-8-9-17-11-18-15/h6-9,11,13H,2-5,10H2,1H3,(H,17,18,19,21). The highest BCUT2D eigenvalue weighted by Gasteiger charge is 2.29. The molecular formula is C16H20N4O2. The highest BCUT2D eigenvalue weighted by atomic mass is 16.3. The second-order valence-electron chi connectivity index (χ2n) is 5.53. The van der Waals surface area contributed by atoms with E-state index in [-0.39, 0.29) is 12.1 Å². The highest BCUT2D eigenvalue weighted by Crippen LogP contribution is 2.31. The summed E-state index contributed by atoms with van der Waals surface area (Å²) in [6.07, 6.45) is 7.19. The molecule has 0 bridgehead atoms. The number of aromatic nitrogens is 2. The van der Waals surface area contributed by atoms with Crippen LogP contribution in [0.2, 0.25) is 0 Å². The van der Waals surface area contributed by atoms with Crippen molar-refractivity contribution in [3.05, 3.63) is 42.2 Å². The van der Waals surface area contributed by atoms with Gasteiger partial charge in [0, 0.05) is 12.7 Å². The summed E-state index contributed by atoms with van der Waals surface area (Å²) in [4.78, 5) is 22.4. The summed E-state index contributed by atoms with van der Waals surface area (Å²) in [5.41, 5.74) is 0. The molecule has 1 aliphatic heterocycles. The summed E-state index contributed by atoms with van der Waals surface area (Å²) in [6.45, 7) is 2.65. The third-order valence-corrected chi connectivity index (χ3v) is 3.92. The number of hydrogen-bond donors (Lipinski definition) is 1. The largest absolute Gasteiger partial charge is 0.464 e. The van der Waals surface area contributed by atoms with Gasteiger partial charge >= 0.3 is 6.03 Å². The molecule has 0 aromatic carbocycles. The molecule has 2 aromatic heterocycles. The predicted octanol–water partition coefficient (Wildman–Crippen LogP) is 3.53. The second-order valence-corrected chi connectivity index (χ2v) is 5.53. The molecule has 1 N–H and O–H groups in total. The number of amides is 2. The summed E-state index contributed by atoms with van der Waals surface area (Å²) in [5, 5.41) is 2.84. The molecule has 0 aliphatic carbocycles. The first-order valence-electron chi connectivity index (χ1n) is 7.64. The maximum atomic E-state index is 12.6. The number of likely N-dealkylation sites (tertiary alicyclic amines) is 1. The Morgan fingerprint density at radius 3 is 2.95 bits per heavy atom. The van der Waals surface area contributed by atoms with Crippen LogP contribution in [0.1, 0.15) is 43.2 Å². The number of carbonyl (C=O) groups excluding carboxylic acids is 1. The van der Waals surface area contributed by atoms with Crippen LogP contribution in [0.15, 0.2) is 35.1 Å². The molecule has 0 saturated carbocycles. The van der Waals surface area contributed by atoms with Gasteiger partial charge in [0.1, 0.15) is 23.7 Å². The zero-order valence-electron chi connectivity index (χ0n) is 12.7. The van der Waals surface area contributed by atoms with Gasteiger partial charge in [0.05, 0.1) is 6.04 Å². The van der Waals surface area contributed by atoms with Gasteiger partial charge in [-0.3, -0.25) is 5.32 Å². The fourth-order valence-electron chi connectivity index (χ4n) is 2.83. The number of urea groups is 1. The Morgan fingerprint density at radius 2 is 2.23 bits per heavy atom. The Balaban J connectivity index is 1.79. The summed E-state index contributed by atoms with van der Waals surface area (Å²) in [6, 6.07) is 5.44. The van der Waals surface area contributed by atoms with Crippen LogP contribution in [0.5, 0.6) is 0 Å². The van der Waals surface area contributed by atoms with Crippen molar-refractivity contribution in [3.8, 4) is 0 Å². The lowest BCUT2D eigenvalue weighted by molar-refractivity contribution is 0.178. The molecule has 0 spiro atoms. The van der Waals surface area contributed by atoms with Crippen molar-refractivity contribution in [2.75, 3.05) is 11.9 Å². The van der Waals surface area contributed by atoms with Crippen molar-refractivity contribution in [1.29, 1.82) is 0 Å². The minimum absolute atomic E-state index is 0.0157. The molecule has 1 fully saturated rings. The van der Waals surface area contributed by atoms with Crippen molar-refractivity contribution in [3.63, 3.8) is 0 Å². The van der Waals surface area contributed by atoms with Crippen LogP contribution in [0.4, 0.5) is 10.6 Å². The number of nitrogens with zero attached hydrogens (tertiary/aromatic N) is 3. The lowest BCUT2D eigenvalue weighted by Gasteiger charge is -2.28. The van der Waals surface area contributed by atoms with E-state index in [0.717, 1.165) is 43.7 Å². The summed E-state index contributed by atoms with van der Waals surface area (Å²) >= 11 is 0. The quantitative estimate of drug-likeness (QED) is 0.921. The van der Waals surface area contributed by atoms with Crippen LogP contribution in [0, 0.1) is 6.92 Å². The van der Waals surface area contributed by atoms with E-state index < -0.39 is 0 Å². The summed E-state index contributed by atoms with van der Waals surface area (Å²) in [7, 11) is 0. The van der Waals surface area contributed by atoms with Gasteiger partial charge in [-0.15, -0.1) is 0 Å². The average Bonchev–Trinajstić information content (AvgIpc) is 2.81. The second kappa shape index (κ2) is 6.60. The summed E-state index contributed by atoms with van der Waals surface area (Å²) < 4.78 is 5.76. The monoisotopic (exact) mass is 300 g/mol. The van der Waals surface area contributed by atoms with Crippen LogP contribution in [0.25, 0.3) is 0 Å². The number of furan rings is 1. The van der Waals surface area contributed by atoms with E-state index in [1.165, 1.54) is 6.33 Å². The van der Waals surface area contributed by atoms with Gasteiger partial charge in [-0.05, 0) is 38.0 Å². The van der Waals surface area contributed by atoms with Gasteiger partial charge in [-0.2, -0.15) is 0 Å². The molecule has 6 heteroatoms. The molecule has 2 aromatic rings. The Hall–Kier alpha value is -2.37. The fourth-order valence-corrected chi connectivity index (χ4v) is 2.83. The molecule has 2 amide bonds. The van der Waals surface area contributed by atoms with Gasteiger partial charge in [0.25, 0.3) is 0 Å². The first-order valence-corrected chi connectivity index (χ1v) is 7.64. The average molecular weight is 300 g/mol. The smallest absolute Gasteiger partial charge is 0.323 e. The van der Waals surface area contributed by atoms with E-state index in [2.05, 4.69) is 15.3 Å². The maximum absolute atomic E-state index is 12.6. The molecule has 3 rings (SSSR count). The van der Waals surface area contributed by atoms with E-state index in [9.17, 15) is 4.79 Å². The first-order chi connectivity index (χ1) is 10.7. The molecule has 22 heavy (non-hydrogen) atoms. The molecule has 3 heterocycles. The van der Waals surface area contributed by atoms with Crippen molar-refractivity contribution >= 4 is 11.8 Å². The van der Waals surface area contributed by atoms with Crippen LogP contribution < -0.4 is 5.32 Å². The molecule has 1 saturated heterocycles. The van der Waals surface area contributed by atoms with E-state index in [4.69, 9.17) is 4.42 Å². The SMILES string of the molecule is Cc1ccc(C2CCCCCN2C(=O)Nc2ccncn2)o1. The van der Waals surface area contributed by atoms with E-state index >= 15 is 0 Å². The van der Waals surface area contributed by atoms with Crippen molar-refractivity contribution in [2.24, 2.45) is 0 Å². The normalized spacial score (nSPS) is 18.8. The Labute approximate surface area is 129 Å². The zero-order valence-corrected chi connectivity index (χ0v) is 12.7. The maximum Gasteiger partial charge on any atom is 0.323 e. The number of hydrogen-bond acceptors (Lipinski definition) is 4. The Bertz CT molecular complexity index is 626. The summed E-state index contributed by atoms with van der Waals surface area (Å²) in [5.74, 6) is 2.24. The third-order valence-electron chi connectivity index (χ3n) is 3.92. The lowest BCUT2D eigenvalue weighted by Crippen LogP contribution is -2.38. The minimum atomic E-state index is -0.139. The molecule has 116 valence electrons. The highest BCUT2D eigenvalue weighted by molar-refractivity contribution is 5.88. The van der Waals surface area contributed by atoms with Gasteiger partial charge in [0.2, 0.25) is 0 Å². The number of rotatable bonds is 2. The van der Waals surface area contributed by atoms with Gasteiger partial charge in [-0.1, -0.05) is 12.8 Å². The van der Waals surface area contributed by atoms with E-state index in [1.54, 1.807) is 12.3 Å². The van der Waals surface area contributed by atoms with E-state index in [1.807, 2.05) is 24.0 Å². The van der Waals surface area contributed by atoms with Gasteiger partial charge < -0.3 is 9.32 Å². The van der Waals surface area contributed by atoms with Crippen molar-refractivity contribution < 1.29 is 9.21 Å². The molecule has 0 radical (unpaired) electrons. The predicted molar refractivity (Wildman–Crippen MR) is 82.4 cm³/mol. The zero-order chi connectivity index (χ0) is 15.4. The molecular weight excluding hydrogens is 280 g/mol. The number of carbonyl (C=O) groups is 1. The van der Waals surface area contributed by atoms with E-state index in [0.29, 0.717) is 5.82 Å².